The van der Waals surface area contributed by atoms with Gasteiger partial charge in [-0.05, 0) is 43.0 Å². The molecule has 1 aliphatic carbocycles. The Labute approximate surface area is 160 Å². The number of carbonyl (C=O) groups excluding carboxylic acids is 1. The smallest absolute Gasteiger partial charge is 0.194 e. The summed E-state index contributed by atoms with van der Waals surface area (Å²) < 4.78 is 5.79. The zero-order valence-electron chi connectivity index (χ0n) is 16.0. The summed E-state index contributed by atoms with van der Waals surface area (Å²) >= 11 is 0. The molecular formula is C24H25NO2. The van der Waals surface area contributed by atoms with Crippen LogP contribution in [-0.4, -0.2) is 23.5 Å². The fraction of sp³-hybridized carbons (Fsp3) is 0.333. The summed E-state index contributed by atoms with van der Waals surface area (Å²) in [4.78, 5) is 18.1. The van der Waals surface area contributed by atoms with Crippen molar-refractivity contribution in [3.8, 4) is 11.3 Å². The maximum Gasteiger partial charge on any atom is 0.194 e. The number of para-hydroxylation sites is 1. The Morgan fingerprint density at radius 2 is 1.96 bits per heavy atom. The molecule has 138 valence electrons. The van der Waals surface area contributed by atoms with Crippen LogP contribution in [0.2, 0.25) is 0 Å². The predicted molar refractivity (Wildman–Crippen MR) is 109 cm³/mol. The quantitative estimate of drug-likeness (QED) is 0.595. The molecule has 0 N–H and O–H groups in total. The first-order chi connectivity index (χ1) is 13.2. The molecule has 1 unspecified atom stereocenters. The van der Waals surface area contributed by atoms with Crippen LogP contribution in [-0.2, 0) is 11.2 Å². The molecule has 0 spiro atoms. The number of ether oxygens (including phenoxy) is 1. The van der Waals surface area contributed by atoms with Gasteiger partial charge in [0.1, 0.15) is 5.60 Å². The molecule has 27 heavy (non-hydrogen) atoms. The van der Waals surface area contributed by atoms with Gasteiger partial charge in [0.15, 0.2) is 5.78 Å². The van der Waals surface area contributed by atoms with E-state index >= 15 is 0 Å². The number of benzene rings is 2. The molecule has 0 aliphatic heterocycles. The molecular weight excluding hydrogens is 334 g/mol. The van der Waals surface area contributed by atoms with Crippen molar-refractivity contribution in [2.24, 2.45) is 0 Å². The van der Waals surface area contributed by atoms with Gasteiger partial charge in [0.05, 0.1) is 11.2 Å². The van der Waals surface area contributed by atoms with Crippen LogP contribution in [0.15, 0.2) is 54.6 Å². The lowest BCUT2D eigenvalue weighted by Gasteiger charge is -2.35. The van der Waals surface area contributed by atoms with Gasteiger partial charge in [0.2, 0.25) is 0 Å². The third kappa shape index (κ3) is 3.17. The average Bonchev–Trinajstić information content (AvgIpc) is 2.73. The Bertz CT molecular complexity index is 995. The third-order valence-corrected chi connectivity index (χ3v) is 5.79. The highest BCUT2D eigenvalue weighted by atomic mass is 16.5. The lowest BCUT2D eigenvalue weighted by Crippen LogP contribution is -2.44. The number of hydrogen-bond donors (Lipinski definition) is 0. The molecule has 0 bridgehead atoms. The van der Waals surface area contributed by atoms with E-state index in [2.05, 4.69) is 31.2 Å². The van der Waals surface area contributed by atoms with E-state index < -0.39 is 5.60 Å². The summed E-state index contributed by atoms with van der Waals surface area (Å²) in [7, 11) is 1.67. The first-order valence-electron chi connectivity index (χ1n) is 9.76. The highest BCUT2D eigenvalue weighted by Crippen LogP contribution is 2.36. The molecule has 0 fully saturated rings. The van der Waals surface area contributed by atoms with E-state index in [1.807, 2.05) is 30.3 Å². The number of methoxy groups -OCH3 is 1. The van der Waals surface area contributed by atoms with Crippen LogP contribution in [0, 0.1) is 0 Å². The maximum atomic E-state index is 13.3. The number of unbranched alkanes of at least 4 members (excludes halogenated alkanes) is 1. The topological polar surface area (TPSA) is 39.2 Å². The summed E-state index contributed by atoms with van der Waals surface area (Å²) in [5, 5.41) is 1.12. The Morgan fingerprint density at radius 3 is 2.78 bits per heavy atom. The number of rotatable bonds is 5. The van der Waals surface area contributed by atoms with Crippen molar-refractivity contribution in [2.75, 3.05) is 7.11 Å². The van der Waals surface area contributed by atoms with E-state index in [1.54, 1.807) is 7.11 Å². The minimum atomic E-state index is -0.668. The van der Waals surface area contributed by atoms with Gasteiger partial charge in [-0.3, -0.25) is 4.79 Å². The van der Waals surface area contributed by atoms with Gasteiger partial charge in [0.25, 0.3) is 0 Å². The van der Waals surface area contributed by atoms with Gasteiger partial charge in [0, 0.05) is 23.6 Å². The van der Waals surface area contributed by atoms with Gasteiger partial charge in [-0.1, -0.05) is 56.2 Å². The van der Waals surface area contributed by atoms with E-state index in [-0.39, 0.29) is 5.78 Å². The largest absolute Gasteiger partial charge is 0.370 e. The number of carbonyl (C=O) groups is 1. The highest BCUT2D eigenvalue weighted by molar-refractivity contribution is 6.05. The van der Waals surface area contributed by atoms with Crippen LogP contribution in [0.25, 0.3) is 22.2 Å². The first-order valence-corrected chi connectivity index (χ1v) is 9.76. The van der Waals surface area contributed by atoms with Crippen molar-refractivity contribution in [3.63, 3.8) is 0 Å². The minimum absolute atomic E-state index is 0.127. The number of Topliss-reactive ketones (excluding diaryl/α,β-unsaturated/α-hetero) is 1. The van der Waals surface area contributed by atoms with Crippen LogP contribution < -0.4 is 0 Å². The summed E-state index contributed by atoms with van der Waals surface area (Å²) in [6.07, 6.45) is 4.50. The fourth-order valence-corrected chi connectivity index (χ4v) is 4.09. The third-order valence-electron chi connectivity index (χ3n) is 5.79. The molecule has 0 saturated heterocycles. The maximum absolute atomic E-state index is 13.3. The van der Waals surface area contributed by atoms with Crippen LogP contribution in [0.5, 0.6) is 0 Å². The van der Waals surface area contributed by atoms with Crippen molar-refractivity contribution in [1.82, 2.24) is 4.98 Å². The molecule has 3 heteroatoms. The highest BCUT2D eigenvalue weighted by Gasteiger charge is 2.42. The first kappa shape index (κ1) is 17.9. The second-order valence-electron chi connectivity index (χ2n) is 7.39. The summed E-state index contributed by atoms with van der Waals surface area (Å²) in [6.45, 7) is 2.15. The van der Waals surface area contributed by atoms with Crippen LogP contribution in [0.4, 0.5) is 0 Å². The van der Waals surface area contributed by atoms with E-state index in [9.17, 15) is 4.79 Å². The van der Waals surface area contributed by atoms with Crippen molar-refractivity contribution >= 4 is 16.7 Å². The molecule has 0 radical (unpaired) electrons. The fourth-order valence-electron chi connectivity index (χ4n) is 4.09. The van der Waals surface area contributed by atoms with Crippen LogP contribution in [0.1, 0.15) is 48.5 Å². The van der Waals surface area contributed by atoms with Crippen molar-refractivity contribution in [2.45, 2.75) is 44.6 Å². The molecule has 4 rings (SSSR count). The normalized spacial score (nSPS) is 19.3. The Morgan fingerprint density at radius 1 is 1.11 bits per heavy atom. The van der Waals surface area contributed by atoms with Crippen LogP contribution >= 0.6 is 0 Å². The summed E-state index contributed by atoms with van der Waals surface area (Å²) in [5.41, 5.74) is 4.09. The number of fused-ring (bicyclic) bond motifs is 2. The molecule has 0 amide bonds. The molecule has 1 heterocycles. The van der Waals surface area contributed by atoms with E-state index in [0.29, 0.717) is 0 Å². The van der Waals surface area contributed by atoms with Gasteiger partial charge in [-0.25, -0.2) is 4.98 Å². The number of hydrogen-bond acceptors (Lipinski definition) is 3. The number of pyridine rings is 1. The Kier molecular flexibility index (Phi) is 4.79. The van der Waals surface area contributed by atoms with Gasteiger partial charge in [-0.15, -0.1) is 0 Å². The monoisotopic (exact) mass is 359 g/mol. The van der Waals surface area contributed by atoms with E-state index in [0.717, 1.165) is 65.4 Å². The number of ketones is 1. The number of aryl methyl sites for hydroxylation is 1. The van der Waals surface area contributed by atoms with Gasteiger partial charge in [-0.2, -0.15) is 0 Å². The zero-order valence-corrected chi connectivity index (χ0v) is 16.0. The second kappa shape index (κ2) is 7.24. The van der Waals surface area contributed by atoms with Crippen molar-refractivity contribution in [1.29, 1.82) is 0 Å². The zero-order chi connectivity index (χ0) is 18.9. The lowest BCUT2D eigenvalue weighted by molar-refractivity contribution is -0.0119. The Balaban J connectivity index is 1.74. The molecule has 3 aromatic rings. The molecule has 1 aliphatic rings. The molecule has 2 aromatic carbocycles. The Hall–Kier alpha value is -2.52. The predicted octanol–water partition coefficient (Wildman–Crippen LogP) is 5.61. The van der Waals surface area contributed by atoms with E-state index in [4.69, 9.17) is 9.72 Å². The number of nitrogens with zero attached hydrogens (tertiary/aromatic N) is 1. The van der Waals surface area contributed by atoms with Gasteiger partial charge >= 0.3 is 0 Å². The lowest BCUT2D eigenvalue weighted by atomic mass is 9.76. The molecule has 1 aromatic heterocycles. The molecule has 1 atom stereocenters. The SMILES string of the molecule is CCCCC1(OC)CCc2ccc(-c3ccc4ccccc4n3)cc2C1=O. The second-order valence-corrected chi connectivity index (χ2v) is 7.39. The van der Waals surface area contributed by atoms with Gasteiger partial charge < -0.3 is 4.74 Å². The van der Waals surface area contributed by atoms with Crippen molar-refractivity contribution in [3.05, 3.63) is 65.7 Å². The number of aromatic nitrogens is 1. The standard InChI is InChI=1S/C24H25NO2/c1-3-4-14-24(27-2)15-13-17-9-10-19(16-20(17)23(24)26)22-12-11-18-7-5-6-8-21(18)25-22/h5-12,16H,3-4,13-15H2,1-2H3. The summed E-state index contributed by atoms with van der Waals surface area (Å²) in [6, 6.07) is 18.4. The van der Waals surface area contributed by atoms with E-state index in [1.165, 1.54) is 0 Å². The minimum Gasteiger partial charge on any atom is -0.370 e. The van der Waals surface area contributed by atoms with Crippen molar-refractivity contribution < 1.29 is 9.53 Å². The summed E-state index contributed by atoms with van der Waals surface area (Å²) in [5.74, 6) is 0.127. The average molecular weight is 359 g/mol. The molecule has 3 nitrogen and oxygen atoms in total. The molecule has 0 saturated carbocycles. The van der Waals surface area contributed by atoms with Crippen LogP contribution in [0.3, 0.4) is 0 Å².